The number of amides is 3. The SMILES string of the molecule is COc1cc2cc(c1OC)CCCNC(=O)CCC[C@H]1[C@@H]3C[C@@H](CN(C(=O)[C@@H](N)C(C)C)C3)CN1C(=O)CC2. The number of ether oxygens (including phenoxy) is 2. The van der Waals surface area contributed by atoms with Crippen LogP contribution in [0.2, 0.25) is 0 Å². The van der Waals surface area contributed by atoms with Crippen LogP contribution in [0.15, 0.2) is 12.1 Å². The number of nitrogens with zero attached hydrogens (tertiary/aromatic N) is 2. The Morgan fingerprint density at radius 2 is 1.82 bits per heavy atom. The lowest BCUT2D eigenvalue weighted by atomic mass is 9.77. The second kappa shape index (κ2) is 13.0. The molecule has 0 spiro atoms. The van der Waals surface area contributed by atoms with E-state index in [0.717, 1.165) is 36.8 Å². The Labute approximate surface area is 232 Å². The quantitative estimate of drug-likeness (QED) is 0.605. The molecule has 39 heavy (non-hydrogen) atoms. The molecule has 1 aromatic carbocycles. The average Bonchev–Trinajstić information content (AvgIpc) is 2.92. The maximum absolute atomic E-state index is 13.7. The molecule has 2 fully saturated rings. The van der Waals surface area contributed by atoms with Gasteiger partial charge in [-0.05, 0) is 73.5 Å². The van der Waals surface area contributed by atoms with E-state index in [0.29, 0.717) is 63.4 Å². The van der Waals surface area contributed by atoms with Gasteiger partial charge >= 0.3 is 0 Å². The van der Waals surface area contributed by atoms with E-state index < -0.39 is 6.04 Å². The summed E-state index contributed by atoms with van der Waals surface area (Å²) in [5, 5.41) is 3.05. The van der Waals surface area contributed by atoms with E-state index in [2.05, 4.69) is 16.3 Å². The fourth-order valence-electron chi connectivity index (χ4n) is 6.58. The van der Waals surface area contributed by atoms with Crippen LogP contribution < -0.4 is 20.5 Å². The molecule has 0 aromatic heterocycles. The highest BCUT2D eigenvalue weighted by Gasteiger charge is 2.44. The van der Waals surface area contributed by atoms with Crippen molar-refractivity contribution in [3.8, 4) is 11.5 Å². The predicted molar refractivity (Wildman–Crippen MR) is 150 cm³/mol. The van der Waals surface area contributed by atoms with E-state index >= 15 is 0 Å². The van der Waals surface area contributed by atoms with Crippen molar-refractivity contribution in [1.29, 1.82) is 0 Å². The summed E-state index contributed by atoms with van der Waals surface area (Å²) in [7, 11) is 3.26. The van der Waals surface area contributed by atoms with E-state index in [9.17, 15) is 14.4 Å². The van der Waals surface area contributed by atoms with Crippen LogP contribution in [-0.2, 0) is 27.2 Å². The third-order valence-corrected chi connectivity index (χ3v) is 8.70. The summed E-state index contributed by atoms with van der Waals surface area (Å²) in [6.45, 7) is 6.46. The number of nitrogens with one attached hydrogen (secondary N) is 1. The first kappa shape index (κ1) is 29.2. The highest BCUT2D eigenvalue weighted by atomic mass is 16.5. The topological polar surface area (TPSA) is 114 Å². The van der Waals surface area contributed by atoms with Crippen LogP contribution in [0.5, 0.6) is 11.5 Å². The van der Waals surface area contributed by atoms with E-state index in [1.165, 1.54) is 0 Å². The van der Waals surface area contributed by atoms with Crippen molar-refractivity contribution in [3.05, 3.63) is 23.3 Å². The molecular weight excluding hydrogens is 496 g/mol. The minimum Gasteiger partial charge on any atom is -0.493 e. The first-order valence-corrected chi connectivity index (χ1v) is 14.6. The molecule has 4 rings (SSSR count). The number of hydrogen-bond donors (Lipinski definition) is 2. The Morgan fingerprint density at radius 3 is 2.54 bits per heavy atom. The number of aryl methyl sites for hydroxylation is 2. The third-order valence-electron chi connectivity index (χ3n) is 8.70. The average molecular weight is 543 g/mol. The van der Waals surface area contributed by atoms with E-state index in [1.807, 2.05) is 24.8 Å². The third kappa shape index (κ3) is 6.86. The summed E-state index contributed by atoms with van der Waals surface area (Å²) < 4.78 is 11.2. The van der Waals surface area contributed by atoms with Gasteiger partial charge < -0.3 is 30.3 Å². The molecule has 4 bridgehead atoms. The Bertz CT molecular complexity index is 1040. The van der Waals surface area contributed by atoms with Crippen molar-refractivity contribution < 1.29 is 23.9 Å². The number of carbonyl (C=O) groups excluding carboxylic acids is 3. The summed E-state index contributed by atoms with van der Waals surface area (Å²) in [6.07, 6.45) is 5.47. The number of rotatable bonds is 4. The molecule has 3 aliphatic rings. The highest BCUT2D eigenvalue weighted by Crippen LogP contribution is 2.37. The standard InChI is InChI=1S/C30H46N4O5/c1-19(2)28(31)30(37)33-16-21-14-23(18-33)24-8-5-9-26(35)32-12-6-7-22-13-20(10-11-27(36)34(24)17-21)15-25(38-3)29(22)39-4/h13,15,19,21,23-24,28H,5-12,14,16-18,31H2,1-4H3,(H,32,35)/t21-,23+,24-,28-/m0/s1. The molecule has 9 nitrogen and oxygen atoms in total. The molecule has 1 aromatic rings. The normalized spacial score (nSPS) is 25.5. The zero-order chi connectivity index (χ0) is 28.1. The highest BCUT2D eigenvalue weighted by molar-refractivity contribution is 5.82. The summed E-state index contributed by atoms with van der Waals surface area (Å²) >= 11 is 0. The van der Waals surface area contributed by atoms with E-state index in [4.69, 9.17) is 15.2 Å². The lowest BCUT2D eigenvalue weighted by Crippen LogP contribution is -2.61. The smallest absolute Gasteiger partial charge is 0.239 e. The van der Waals surface area contributed by atoms with Gasteiger partial charge in [0.1, 0.15) is 0 Å². The minimum atomic E-state index is -0.506. The second-order valence-electron chi connectivity index (χ2n) is 11.8. The molecule has 9 heteroatoms. The number of benzene rings is 1. The number of hydrogen-bond acceptors (Lipinski definition) is 6. The Balaban J connectivity index is 1.56. The van der Waals surface area contributed by atoms with Gasteiger partial charge in [0, 0.05) is 45.1 Å². The van der Waals surface area contributed by atoms with Crippen LogP contribution in [0.3, 0.4) is 0 Å². The van der Waals surface area contributed by atoms with Crippen LogP contribution in [0.25, 0.3) is 0 Å². The van der Waals surface area contributed by atoms with Gasteiger partial charge in [-0.15, -0.1) is 0 Å². The largest absolute Gasteiger partial charge is 0.493 e. The van der Waals surface area contributed by atoms with Gasteiger partial charge in [0.15, 0.2) is 11.5 Å². The van der Waals surface area contributed by atoms with Crippen LogP contribution in [0, 0.1) is 17.8 Å². The van der Waals surface area contributed by atoms with E-state index in [-0.39, 0.29) is 41.5 Å². The molecule has 216 valence electrons. The Morgan fingerprint density at radius 1 is 1.03 bits per heavy atom. The van der Waals surface area contributed by atoms with Crippen molar-refractivity contribution in [2.24, 2.45) is 23.5 Å². The molecule has 3 amide bonds. The number of carbonyl (C=O) groups is 3. The van der Waals surface area contributed by atoms with Crippen molar-refractivity contribution in [2.75, 3.05) is 40.4 Å². The zero-order valence-corrected chi connectivity index (χ0v) is 24.0. The molecule has 0 radical (unpaired) electrons. The number of likely N-dealkylation sites (tertiary alicyclic amines) is 1. The lowest BCUT2D eigenvalue weighted by molar-refractivity contribution is -0.146. The van der Waals surface area contributed by atoms with Crippen molar-refractivity contribution >= 4 is 17.7 Å². The molecule has 4 atom stereocenters. The molecule has 2 saturated heterocycles. The van der Waals surface area contributed by atoms with Crippen LogP contribution in [-0.4, -0.2) is 80.0 Å². The fourth-order valence-corrected chi connectivity index (χ4v) is 6.58. The van der Waals surface area contributed by atoms with Gasteiger partial charge in [-0.1, -0.05) is 19.9 Å². The van der Waals surface area contributed by atoms with E-state index in [1.54, 1.807) is 14.2 Å². The summed E-state index contributed by atoms with van der Waals surface area (Å²) in [5.74, 6) is 2.08. The lowest BCUT2D eigenvalue weighted by Gasteiger charge is -2.51. The first-order valence-electron chi connectivity index (χ1n) is 14.6. The molecule has 0 aliphatic carbocycles. The maximum atomic E-state index is 13.7. The summed E-state index contributed by atoms with van der Waals surface area (Å²) in [5.41, 5.74) is 8.29. The van der Waals surface area contributed by atoms with Gasteiger partial charge in [-0.25, -0.2) is 0 Å². The van der Waals surface area contributed by atoms with Gasteiger partial charge in [0.05, 0.1) is 20.3 Å². The van der Waals surface area contributed by atoms with Crippen LogP contribution in [0.1, 0.15) is 63.5 Å². The van der Waals surface area contributed by atoms with Crippen LogP contribution in [0.4, 0.5) is 0 Å². The van der Waals surface area contributed by atoms with Crippen LogP contribution >= 0.6 is 0 Å². The first-order chi connectivity index (χ1) is 18.7. The molecule has 0 unspecified atom stereocenters. The van der Waals surface area contributed by atoms with Gasteiger partial charge in [0.2, 0.25) is 17.7 Å². The summed E-state index contributed by atoms with van der Waals surface area (Å²) in [6, 6.07) is 3.58. The van der Waals surface area contributed by atoms with Crippen molar-refractivity contribution in [3.63, 3.8) is 0 Å². The van der Waals surface area contributed by atoms with Gasteiger partial charge in [-0.3, -0.25) is 14.4 Å². The second-order valence-corrected chi connectivity index (χ2v) is 11.8. The Kier molecular flexibility index (Phi) is 9.75. The number of methoxy groups -OCH3 is 2. The van der Waals surface area contributed by atoms with Crippen molar-refractivity contribution in [2.45, 2.75) is 77.3 Å². The van der Waals surface area contributed by atoms with Crippen molar-refractivity contribution in [1.82, 2.24) is 15.1 Å². The zero-order valence-electron chi connectivity index (χ0n) is 24.0. The predicted octanol–water partition coefficient (Wildman–Crippen LogP) is 2.53. The van der Waals surface area contributed by atoms with Gasteiger partial charge in [-0.2, -0.15) is 0 Å². The molecule has 3 aliphatic heterocycles. The molecule has 3 heterocycles. The Hall–Kier alpha value is -2.81. The fraction of sp³-hybridized carbons (Fsp3) is 0.700. The minimum absolute atomic E-state index is 0.0105. The molecule has 3 N–H and O–H groups in total. The number of piperidine rings is 2. The van der Waals surface area contributed by atoms with Gasteiger partial charge in [0.25, 0.3) is 0 Å². The number of nitrogens with two attached hydrogens (primary N) is 1. The maximum Gasteiger partial charge on any atom is 0.239 e. The number of fused-ring (bicyclic) bond motifs is 6. The molecular formula is C30H46N4O5. The monoisotopic (exact) mass is 542 g/mol. The summed E-state index contributed by atoms with van der Waals surface area (Å²) in [4.78, 5) is 43.4. The molecule has 0 saturated carbocycles.